The van der Waals surface area contributed by atoms with Gasteiger partial charge in [-0.25, -0.2) is 0 Å². The number of aryl methyl sites for hydroxylation is 2. The van der Waals surface area contributed by atoms with Gasteiger partial charge < -0.3 is 15.5 Å². The largest absolute Gasteiger partial charge is 0.371 e. The Bertz CT molecular complexity index is 826. The lowest BCUT2D eigenvalue weighted by molar-refractivity contribution is -0.115. The summed E-state index contributed by atoms with van der Waals surface area (Å²) >= 11 is 0. The van der Waals surface area contributed by atoms with Crippen LogP contribution in [-0.4, -0.2) is 31.4 Å². The summed E-state index contributed by atoms with van der Waals surface area (Å²) in [5.74, 6) is -0.474. The zero-order valence-corrected chi connectivity index (χ0v) is 16.0. The molecule has 0 radical (unpaired) electrons. The van der Waals surface area contributed by atoms with Crippen LogP contribution in [0.25, 0.3) is 0 Å². The Balaban J connectivity index is 1.54. The monoisotopic (exact) mass is 365 g/mol. The number of amides is 2. The molecule has 1 saturated heterocycles. The van der Waals surface area contributed by atoms with E-state index in [4.69, 9.17) is 0 Å². The molecule has 5 nitrogen and oxygen atoms in total. The summed E-state index contributed by atoms with van der Waals surface area (Å²) in [7, 11) is 0. The van der Waals surface area contributed by atoms with Crippen molar-refractivity contribution < 1.29 is 9.59 Å². The van der Waals surface area contributed by atoms with Gasteiger partial charge in [-0.2, -0.15) is 0 Å². The molecule has 0 atom stereocenters. The Kier molecular flexibility index (Phi) is 6.12. The molecule has 27 heavy (non-hydrogen) atoms. The SMILES string of the molecule is Cc1ccc(C(=O)NCC(=O)Nc2cccc(N3CCCCC3)c2)cc1C. The third-order valence-electron chi connectivity index (χ3n) is 5.03. The van der Waals surface area contributed by atoms with Gasteiger partial charge >= 0.3 is 0 Å². The molecule has 0 aromatic heterocycles. The summed E-state index contributed by atoms with van der Waals surface area (Å²) in [6, 6.07) is 13.4. The summed E-state index contributed by atoms with van der Waals surface area (Å²) in [4.78, 5) is 26.8. The van der Waals surface area contributed by atoms with E-state index in [-0.39, 0.29) is 18.4 Å². The minimum atomic E-state index is -0.240. The molecule has 1 heterocycles. The van der Waals surface area contributed by atoms with Crippen LogP contribution in [0, 0.1) is 13.8 Å². The van der Waals surface area contributed by atoms with Gasteiger partial charge in [0.05, 0.1) is 6.54 Å². The van der Waals surface area contributed by atoms with Crippen LogP contribution in [0.2, 0.25) is 0 Å². The van der Waals surface area contributed by atoms with Crippen molar-refractivity contribution in [1.82, 2.24) is 5.32 Å². The van der Waals surface area contributed by atoms with E-state index in [0.29, 0.717) is 5.56 Å². The number of nitrogens with one attached hydrogen (secondary N) is 2. The Labute approximate surface area is 160 Å². The Morgan fingerprint density at radius 3 is 2.48 bits per heavy atom. The van der Waals surface area contributed by atoms with E-state index in [9.17, 15) is 9.59 Å². The van der Waals surface area contributed by atoms with E-state index in [1.54, 1.807) is 6.07 Å². The molecule has 0 bridgehead atoms. The first-order valence-corrected chi connectivity index (χ1v) is 9.53. The maximum atomic E-state index is 12.2. The van der Waals surface area contributed by atoms with Crippen LogP contribution >= 0.6 is 0 Å². The molecule has 2 aromatic rings. The second-order valence-corrected chi connectivity index (χ2v) is 7.13. The summed E-state index contributed by atoms with van der Waals surface area (Å²) in [5, 5.41) is 5.55. The van der Waals surface area contributed by atoms with Gasteiger partial charge in [-0.05, 0) is 74.6 Å². The zero-order chi connectivity index (χ0) is 19.2. The summed E-state index contributed by atoms with van der Waals surface area (Å²) in [5.41, 5.74) is 4.65. The second kappa shape index (κ2) is 8.71. The van der Waals surface area contributed by atoms with Crippen LogP contribution in [0.1, 0.15) is 40.7 Å². The molecule has 0 aliphatic carbocycles. The van der Waals surface area contributed by atoms with E-state index >= 15 is 0 Å². The van der Waals surface area contributed by atoms with Crippen LogP contribution in [0.15, 0.2) is 42.5 Å². The van der Waals surface area contributed by atoms with Crippen molar-refractivity contribution in [1.29, 1.82) is 0 Å². The van der Waals surface area contributed by atoms with Crippen molar-refractivity contribution in [3.05, 3.63) is 59.2 Å². The fourth-order valence-corrected chi connectivity index (χ4v) is 3.28. The van der Waals surface area contributed by atoms with Gasteiger partial charge in [-0.3, -0.25) is 9.59 Å². The number of anilines is 2. The summed E-state index contributed by atoms with van der Waals surface area (Å²) < 4.78 is 0. The van der Waals surface area contributed by atoms with Gasteiger partial charge in [-0.15, -0.1) is 0 Å². The van der Waals surface area contributed by atoms with Crippen LogP contribution in [0.4, 0.5) is 11.4 Å². The summed E-state index contributed by atoms with van der Waals surface area (Å²) in [6.45, 7) is 6.03. The van der Waals surface area contributed by atoms with Crippen LogP contribution in [0.5, 0.6) is 0 Å². The first kappa shape index (κ1) is 19.0. The van der Waals surface area contributed by atoms with Crippen molar-refractivity contribution in [3.8, 4) is 0 Å². The Morgan fingerprint density at radius 1 is 0.963 bits per heavy atom. The highest BCUT2D eigenvalue weighted by molar-refractivity contribution is 5.99. The first-order valence-electron chi connectivity index (χ1n) is 9.53. The van der Waals surface area contributed by atoms with Crippen LogP contribution in [0.3, 0.4) is 0 Å². The number of hydrogen-bond donors (Lipinski definition) is 2. The Morgan fingerprint density at radius 2 is 1.74 bits per heavy atom. The Hall–Kier alpha value is -2.82. The fourth-order valence-electron chi connectivity index (χ4n) is 3.28. The normalized spacial score (nSPS) is 13.9. The average Bonchev–Trinajstić information content (AvgIpc) is 2.69. The quantitative estimate of drug-likeness (QED) is 0.850. The maximum Gasteiger partial charge on any atom is 0.251 e. The highest BCUT2D eigenvalue weighted by Gasteiger charge is 2.12. The van der Waals surface area contributed by atoms with Crippen molar-refractivity contribution in [2.24, 2.45) is 0 Å². The van der Waals surface area contributed by atoms with Gasteiger partial charge in [0.2, 0.25) is 5.91 Å². The molecular weight excluding hydrogens is 338 g/mol. The molecule has 3 rings (SSSR count). The number of piperidine rings is 1. The molecule has 2 N–H and O–H groups in total. The maximum absolute atomic E-state index is 12.2. The minimum Gasteiger partial charge on any atom is -0.371 e. The van der Waals surface area contributed by atoms with Crippen LogP contribution < -0.4 is 15.5 Å². The molecule has 0 unspecified atom stereocenters. The van der Waals surface area contributed by atoms with Crippen LogP contribution in [-0.2, 0) is 4.79 Å². The van der Waals surface area contributed by atoms with Crippen molar-refractivity contribution in [2.75, 3.05) is 29.9 Å². The molecule has 2 aromatic carbocycles. The predicted octanol–water partition coefficient (Wildman–Crippen LogP) is 3.66. The average molecular weight is 365 g/mol. The number of benzene rings is 2. The van der Waals surface area contributed by atoms with Gasteiger partial charge in [-0.1, -0.05) is 12.1 Å². The fraction of sp³-hybridized carbons (Fsp3) is 0.364. The molecule has 1 fully saturated rings. The molecule has 5 heteroatoms. The third-order valence-corrected chi connectivity index (χ3v) is 5.03. The number of rotatable bonds is 5. The smallest absolute Gasteiger partial charge is 0.251 e. The van der Waals surface area contributed by atoms with Crippen molar-refractivity contribution >= 4 is 23.2 Å². The number of nitrogens with zero attached hydrogens (tertiary/aromatic N) is 1. The topological polar surface area (TPSA) is 61.4 Å². The van der Waals surface area contributed by atoms with Gasteiger partial charge in [0.15, 0.2) is 0 Å². The van der Waals surface area contributed by atoms with Crippen molar-refractivity contribution in [2.45, 2.75) is 33.1 Å². The number of carbonyl (C=O) groups is 2. The third kappa shape index (κ3) is 5.09. The zero-order valence-electron chi connectivity index (χ0n) is 16.0. The van der Waals surface area contributed by atoms with E-state index in [0.717, 1.165) is 35.6 Å². The lowest BCUT2D eigenvalue weighted by Gasteiger charge is -2.29. The highest BCUT2D eigenvalue weighted by atomic mass is 16.2. The molecule has 142 valence electrons. The molecule has 0 saturated carbocycles. The number of carbonyl (C=O) groups excluding carboxylic acids is 2. The predicted molar refractivity (Wildman–Crippen MR) is 109 cm³/mol. The van der Waals surface area contributed by atoms with E-state index < -0.39 is 0 Å². The van der Waals surface area contributed by atoms with E-state index in [1.807, 2.05) is 44.2 Å². The number of hydrogen-bond acceptors (Lipinski definition) is 3. The summed E-state index contributed by atoms with van der Waals surface area (Å²) in [6.07, 6.45) is 3.70. The minimum absolute atomic E-state index is 0.0559. The van der Waals surface area contributed by atoms with E-state index in [1.165, 1.54) is 19.3 Å². The van der Waals surface area contributed by atoms with Gasteiger partial charge in [0.25, 0.3) is 5.91 Å². The van der Waals surface area contributed by atoms with Crippen molar-refractivity contribution in [3.63, 3.8) is 0 Å². The molecule has 0 spiro atoms. The van der Waals surface area contributed by atoms with E-state index in [2.05, 4.69) is 21.6 Å². The molecule has 2 amide bonds. The highest BCUT2D eigenvalue weighted by Crippen LogP contribution is 2.23. The first-order chi connectivity index (χ1) is 13.0. The molecular formula is C22H27N3O2. The second-order valence-electron chi connectivity index (χ2n) is 7.13. The lowest BCUT2D eigenvalue weighted by Crippen LogP contribution is -2.33. The van der Waals surface area contributed by atoms with Gasteiger partial charge in [0, 0.05) is 30.0 Å². The molecule has 1 aliphatic heterocycles. The van der Waals surface area contributed by atoms with Gasteiger partial charge in [0.1, 0.15) is 0 Å². The molecule has 1 aliphatic rings. The standard InChI is InChI=1S/C22H27N3O2/c1-16-9-10-18(13-17(16)2)22(27)23-15-21(26)24-19-7-6-8-20(14-19)25-11-4-3-5-12-25/h6-10,13-14H,3-5,11-12,15H2,1-2H3,(H,23,27)(H,24,26). The lowest BCUT2D eigenvalue weighted by atomic mass is 10.1.